The first-order valence-electron chi connectivity index (χ1n) is 15.2. The summed E-state index contributed by atoms with van der Waals surface area (Å²) in [6.45, 7) is 16.2. The van der Waals surface area contributed by atoms with Crippen molar-refractivity contribution in [1.29, 1.82) is 0 Å². The summed E-state index contributed by atoms with van der Waals surface area (Å²) in [5.74, 6) is -1.25. The van der Waals surface area contributed by atoms with Gasteiger partial charge in [0.05, 0.1) is 0 Å². The molecule has 4 rings (SSSR count). The largest absolute Gasteiger partial charge is 0.449 e. The lowest BCUT2D eigenvalue weighted by atomic mass is 9.69. The fourth-order valence-corrected chi connectivity index (χ4v) is 6.87. The van der Waals surface area contributed by atoms with E-state index in [1.54, 1.807) is 34.6 Å². The number of benzene rings is 2. The van der Waals surface area contributed by atoms with Gasteiger partial charge in [0, 0.05) is 23.0 Å². The summed E-state index contributed by atoms with van der Waals surface area (Å²) in [6.07, 6.45) is -0.688. The van der Waals surface area contributed by atoms with Crippen LogP contribution in [0.3, 0.4) is 0 Å². The van der Waals surface area contributed by atoms with Crippen molar-refractivity contribution in [3.8, 4) is 11.1 Å². The van der Waals surface area contributed by atoms with E-state index in [2.05, 4.69) is 28.1 Å². The van der Waals surface area contributed by atoms with Crippen LogP contribution in [0.15, 0.2) is 48.5 Å². The first-order valence-corrected chi connectivity index (χ1v) is 15.2. The lowest BCUT2D eigenvalue weighted by Gasteiger charge is -2.54. The molecule has 43 heavy (non-hydrogen) atoms. The molecule has 3 N–H and O–H groups in total. The molecule has 0 aromatic heterocycles. The van der Waals surface area contributed by atoms with Gasteiger partial charge in [0.1, 0.15) is 17.7 Å². The van der Waals surface area contributed by atoms with Gasteiger partial charge in [-0.2, -0.15) is 0 Å². The van der Waals surface area contributed by atoms with Gasteiger partial charge >= 0.3 is 6.09 Å². The van der Waals surface area contributed by atoms with Crippen LogP contribution < -0.4 is 16.0 Å². The normalized spacial score (nSPS) is 20.1. The second kappa shape index (κ2) is 11.6. The molecule has 2 aromatic rings. The van der Waals surface area contributed by atoms with Gasteiger partial charge in [-0.25, -0.2) is 4.79 Å². The highest BCUT2D eigenvalue weighted by molar-refractivity contribution is 5.96. The smallest absolute Gasteiger partial charge is 0.408 e. The van der Waals surface area contributed by atoms with Crippen molar-refractivity contribution < 1.29 is 24.3 Å². The number of hydrogen-bond donors (Lipinski definition) is 3. The van der Waals surface area contributed by atoms with Crippen LogP contribution in [0.1, 0.15) is 92.2 Å². The highest BCUT2D eigenvalue weighted by Gasteiger charge is 2.58. The highest BCUT2D eigenvalue weighted by atomic mass is 16.5. The maximum absolute atomic E-state index is 14.4. The number of carbonyl (C=O) groups excluding carboxylic acids is 3. The Hall–Kier alpha value is -3.43. The summed E-state index contributed by atoms with van der Waals surface area (Å²) < 4.78 is 5.86. The lowest BCUT2D eigenvalue weighted by molar-refractivity contribution is -0.295. The van der Waals surface area contributed by atoms with Crippen LogP contribution in [0.4, 0.5) is 4.79 Å². The van der Waals surface area contributed by atoms with Crippen LogP contribution in [0.25, 0.3) is 11.1 Å². The van der Waals surface area contributed by atoms with E-state index >= 15 is 0 Å². The molecule has 1 aliphatic heterocycles. The van der Waals surface area contributed by atoms with Crippen molar-refractivity contribution in [3.05, 3.63) is 59.7 Å². The zero-order chi connectivity index (χ0) is 32.0. The number of hydroxylamine groups is 2. The average molecular weight is 592 g/mol. The molecule has 1 aliphatic carbocycles. The molecule has 1 saturated heterocycles. The second-order valence-corrected chi connectivity index (χ2v) is 14.2. The average Bonchev–Trinajstić information content (AvgIpc) is 3.23. The summed E-state index contributed by atoms with van der Waals surface area (Å²) in [4.78, 5) is 41.3. The number of hydrogen-bond acceptors (Lipinski definition) is 5. The first-order chi connectivity index (χ1) is 19.9. The van der Waals surface area contributed by atoms with Gasteiger partial charge in [0.2, 0.25) is 11.8 Å². The van der Waals surface area contributed by atoms with E-state index in [-0.39, 0.29) is 43.2 Å². The Morgan fingerprint density at radius 2 is 1.40 bits per heavy atom. The van der Waals surface area contributed by atoms with Gasteiger partial charge in [0.15, 0.2) is 0 Å². The van der Waals surface area contributed by atoms with E-state index in [0.29, 0.717) is 0 Å². The Bertz CT molecular complexity index is 1320. The van der Waals surface area contributed by atoms with Gasteiger partial charge < -0.3 is 20.7 Å². The Morgan fingerprint density at radius 3 is 1.86 bits per heavy atom. The Balaban J connectivity index is 1.63. The van der Waals surface area contributed by atoms with Crippen LogP contribution in [0.2, 0.25) is 0 Å². The molecule has 1 atom stereocenters. The van der Waals surface area contributed by atoms with E-state index < -0.39 is 34.2 Å². The molecule has 0 bridgehead atoms. The number of nitrogens with zero attached hydrogens (tertiary/aromatic N) is 1. The molecule has 0 unspecified atom stereocenters. The van der Waals surface area contributed by atoms with Crippen molar-refractivity contribution in [3.63, 3.8) is 0 Å². The molecule has 9 nitrogen and oxygen atoms in total. The molecule has 1 heterocycles. The standard InChI is InChI=1S/C34H47N4O5/c1-21(2)33(9,28(39)35-22(3)4)36-29(40)34(19-31(5,6)38(42)32(7,8)20-34)37-30(41)43-18-27-25-16-12-10-14-23(25)24-15-11-13-17-26(24)27/h10-17,21-22,27H,18-20H2,1-9H3,(H,35,39)(H,36,40)(H,37,41)/t33-/m0/s1. The predicted octanol–water partition coefficient (Wildman–Crippen LogP) is 5.32. The number of fused-ring (bicyclic) bond motifs is 3. The van der Waals surface area contributed by atoms with E-state index in [1.807, 2.05) is 64.1 Å². The number of amides is 3. The van der Waals surface area contributed by atoms with Gasteiger partial charge in [-0.05, 0) is 89.5 Å². The van der Waals surface area contributed by atoms with Crippen molar-refractivity contribution in [2.45, 2.75) is 109 Å². The minimum atomic E-state index is -1.51. The third-order valence-corrected chi connectivity index (χ3v) is 9.11. The topological polar surface area (TPSA) is 120 Å². The van der Waals surface area contributed by atoms with Gasteiger partial charge in [-0.1, -0.05) is 62.4 Å². The number of ether oxygens (including phenoxy) is 1. The molecule has 2 aliphatic rings. The minimum absolute atomic E-state index is 0.0307. The van der Waals surface area contributed by atoms with Crippen LogP contribution in [0, 0.1) is 5.92 Å². The van der Waals surface area contributed by atoms with Crippen LogP contribution in [-0.2, 0) is 19.5 Å². The predicted molar refractivity (Wildman–Crippen MR) is 166 cm³/mol. The molecule has 233 valence electrons. The Morgan fingerprint density at radius 1 is 0.907 bits per heavy atom. The van der Waals surface area contributed by atoms with E-state index in [4.69, 9.17) is 4.74 Å². The van der Waals surface area contributed by atoms with Crippen molar-refractivity contribution >= 4 is 17.9 Å². The van der Waals surface area contributed by atoms with E-state index in [0.717, 1.165) is 27.3 Å². The first kappa shape index (κ1) is 32.5. The van der Waals surface area contributed by atoms with Gasteiger partial charge in [-0.3, -0.25) is 9.59 Å². The fourth-order valence-electron chi connectivity index (χ4n) is 6.87. The molecule has 0 saturated carbocycles. The van der Waals surface area contributed by atoms with Crippen molar-refractivity contribution in [2.24, 2.45) is 5.92 Å². The maximum atomic E-state index is 14.4. The number of piperidine rings is 1. The minimum Gasteiger partial charge on any atom is -0.449 e. The van der Waals surface area contributed by atoms with E-state index in [1.165, 1.54) is 0 Å². The lowest BCUT2D eigenvalue weighted by Crippen LogP contribution is -2.74. The molecular weight excluding hydrogens is 544 g/mol. The van der Waals surface area contributed by atoms with E-state index in [9.17, 15) is 19.6 Å². The summed E-state index contributed by atoms with van der Waals surface area (Å²) in [5, 5.41) is 23.1. The maximum Gasteiger partial charge on any atom is 0.408 e. The Kier molecular flexibility index (Phi) is 8.75. The van der Waals surface area contributed by atoms with Crippen LogP contribution in [-0.4, -0.2) is 57.8 Å². The Labute approximate surface area is 255 Å². The monoisotopic (exact) mass is 591 g/mol. The van der Waals surface area contributed by atoms with Crippen molar-refractivity contribution in [1.82, 2.24) is 21.0 Å². The molecule has 3 amide bonds. The molecule has 1 fully saturated rings. The number of carbonyl (C=O) groups is 3. The third-order valence-electron chi connectivity index (χ3n) is 9.11. The zero-order valence-electron chi connectivity index (χ0n) is 27.0. The number of rotatable bonds is 8. The molecule has 1 radical (unpaired) electrons. The van der Waals surface area contributed by atoms with Crippen LogP contribution in [0.5, 0.6) is 0 Å². The number of alkyl carbamates (subject to hydrolysis) is 1. The van der Waals surface area contributed by atoms with Gasteiger partial charge in [0.25, 0.3) is 0 Å². The fraction of sp³-hybridized carbons (Fsp3) is 0.559. The second-order valence-electron chi connectivity index (χ2n) is 14.2. The summed E-state index contributed by atoms with van der Waals surface area (Å²) >= 11 is 0. The third kappa shape index (κ3) is 6.15. The van der Waals surface area contributed by atoms with Gasteiger partial charge in [-0.15, -0.1) is 10.3 Å². The SMILES string of the molecule is CC(C)NC(=O)[C@@](C)(NC(=O)C1(NC(=O)OCC2c3ccccc3-c3ccccc32)CC(C)(C)N([O])C(C)(C)C1)C(C)C. The summed E-state index contributed by atoms with van der Waals surface area (Å²) in [7, 11) is 0. The molecule has 0 spiro atoms. The molecule has 9 heteroatoms. The van der Waals surface area contributed by atoms with Crippen LogP contribution >= 0.6 is 0 Å². The number of nitrogens with one attached hydrogen (secondary N) is 3. The quantitative estimate of drug-likeness (QED) is 0.384. The molecule has 2 aromatic carbocycles. The molecular formula is C34H47N4O5. The zero-order valence-corrected chi connectivity index (χ0v) is 27.0. The highest BCUT2D eigenvalue weighted by Crippen LogP contribution is 2.45. The summed E-state index contributed by atoms with van der Waals surface area (Å²) in [6, 6.07) is 16.0. The van der Waals surface area contributed by atoms with Crippen molar-refractivity contribution in [2.75, 3.05) is 6.61 Å². The summed E-state index contributed by atoms with van der Waals surface area (Å²) in [5.41, 5.74) is -0.382.